The number of unbranched alkanes of at least 4 members (excludes halogenated alkanes) is 3. The maximum absolute atomic E-state index is 9.55. The largest absolute Gasteiger partial charge is 0.544 e. The second-order valence-electron chi connectivity index (χ2n) is 8.04. The van der Waals surface area contributed by atoms with Crippen molar-refractivity contribution in [1.82, 2.24) is 0 Å². The first-order valence-corrected chi connectivity index (χ1v) is 13.4. The van der Waals surface area contributed by atoms with Crippen LogP contribution in [0.4, 0.5) is 0 Å². The van der Waals surface area contributed by atoms with Gasteiger partial charge in [0.2, 0.25) is 8.32 Å². The van der Waals surface area contributed by atoms with Gasteiger partial charge in [0.1, 0.15) is 5.75 Å². The summed E-state index contributed by atoms with van der Waals surface area (Å²) in [5, 5.41) is 9.72. The van der Waals surface area contributed by atoms with E-state index in [0.717, 1.165) is 42.6 Å². The Morgan fingerprint density at radius 3 is 2.22 bits per heavy atom. The Labute approximate surface area is 180 Å². The summed E-state index contributed by atoms with van der Waals surface area (Å²) in [7, 11) is -1.82. The fraction of sp³-hybridized carbons (Fsp3) is 0.478. The molecular weight excluding hydrogens is 463 g/mol. The Hall–Kier alpha value is -1.21. The molecule has 0 saturated carbocycles. The van der Waals surface area contributed by atoms with Crippen LogP contribution in [0.15, 0.2) is 29.8 Å². The van der Waals surface area contributed by atoms with Crippen molar-refractivity contribution in [3.63, 3.8) is 0 Å². The van der Waals surface area contributed by atoms with Crippen LogP contribution in [-0.4, -0.2) is 20.0 Å². The monoisotopic (exact) mass is 494 g/mol. The van der Waals surface area contributed by atoms with E-state index in [-0.39, 0.29) is 11.6 Å². The van der Waals surface area contributed by atoms with Crippen LogP contribution in [0.1, 0.15) is 52.0 Å². The highest BCUT2D eigenvalue weighted by Crippen LogP contribution is 2.37. The van der Waals surface area contributed by atoms with Gasteiger partial charge >= 0.3 is 0 Å². The molecule has 0 saturated heterocycles. The van der Waals surface area contributed by atoms with Gasteiger partial charge in [0, 0.05) is 41.0 Å². The van der Waals surface area contributed by atoms with E-state index in [4.69, 9.17) is 4.43 Å². The first kappa shape index (κ1) is 23.8. The molecule has 1 rings (SSSR count). The zero-order chi connectivity index (χ0) is 20.3. The predicted octanol–water partition coefficient (Wildman–Crippen LogP) is 6.41. The van der Waals surface area contributed by atoms with Gasteiger partial charge in [0.15, 0.2) is 0 Å². The molecule has 146 valence electrons. The summed E-state index contributed by atoms with van der Waals surface area (Å²) in [5.74, 6) is 10.2. The number of benzene rings is 1. The van der Waals surface area contributed by atoms with Crippen molar-refractivity contribution in [2.75, 3.05) is 6.61 Å². The summed E-state index contributed by atoms with van der Waals surface area (Å²) in [5.41, 5.74) is 1.76. The van der Waals surface area contributed by atoms with Gasteiger partial charge in [-0.25, -0.2) is 0 Å². The van der Waals surface area contributed by atoms with E-state index in [1.165, 1.54) is 0 Å². The summed E-state index contributed by atoms with van der Waals surface area (Å²) in [6.45, 7) is 11.1. The number of aliphatic hydroxyl groups excluding tert-OH is 1. The Morgan fingerprint density at radius 2 is 1.70 bits per heavy atom. The van der Waals surface area contributed by atoms with E-state index in [1.54, 1.807) is 0 Å². The second kappa shape index (κ2) is 11.6. The molecule has 0 aliphatic rings. The highest BCUT2D eigenvalue weighted by Gasteiger charge is 2.38. The molecule has 0 radical (unpaired) electrons. The highest BCUT2D eigenvalue weighted by molar-refractivity contribution is 14.1. The first-order chi connectivity index (χ1) is 12.7. The van der Waals surface area contributed by atoms with Gasteiger partial charge in [0.05, 0.1) is 6.61 Å². The second-order valence-corrected chi connectivity index (χ2v) is 13.3. The summed E-state index contributed by atoms with van der Waals surface area (Å²) in [6, 6.07) is 8.04. The summed E-state index contributed by atoms with van der Waals surface area (Å²) in [4.78, 5) is 0. The van der Waals surface area contributed by atoms with Crippen molar-refractivity contribution >= 4 is 37.0 Å². The van der Waals surface area contributed by atoms with Crippen molar-refractivity contribution < 1.29 is 9.53 Å². The van der Waals surface area contributed by atoms with Crippen LogP contribution in [0.5, 0.6) is 5.75 Å². The number of halogens is 1. The molecule has 0 heterocycles. The topological polar surface area (TPSA) is 29.5 Å². The third-order valence-corrected chi connectivity index (χ3v) is 9.48. The normalized spacial score (nSPS) is 11.9. The average molecular weight is 494 g/mol. The molecule has 0 aliphatic heterocycles. The molecule has 27 heavy (non-hydrogen) atoms. The zero-order valence-corrected chi connectivity index (χ0v) is 20.3. The van der Waals surface area contributed by atoms with Crippen LogP contribution in [0.3, 0.4) is 0 Å². The Bertz CT molecular complexity index is 735. The van der Waals surface area contributed by atoms with Gasteiger partial charge in [-0.1, -0.05) is 50.7 Å². The van der Waals surface area contributed by atoms with Crippen LogP contribution in [0.25, 0.3) is 6.08 Å². The molecule has 0 amide bonds. The lowest BCUT2D eigenvalue weighted by molar-refractivity contribution is 0.337. The highest BCUT2D eigenvalue weighted by atomic mass is 127. The lowest BCUT2D eigenvalue weighted by atomic mass is 10.1. The van der Waals surface area contributed by atoms with Crippen LogP contribution < -0.4 is 4.43 Å². The number of aliphatic hydroxyl groups is 1. The maximum Gasteiger partial charge on any atom is 0.250 e. The fourth-order valence-electron chi connectivity index (χ4n) is 2.05. The van der Waals surface area contributed by atoms with E-state index in [2.05, 4.69) is 78.1 Å². The van der Waals surface area contributed by atoms with Gasteiger partial charge in [-0.3, -0.25) is 0 Å². The molecule has 2 nitrogen and oxygen atoms in total. The Kier molecular flexibility index (Phi) is 10.2. The Morgan fingerprint density at radius 1 is 1.11 bits per heavy atom. The van der Waals surface area contributed by atoms with Crippen molar-refractivity contribution in [3.8, 4) is 27.4 Å². The van der Waals surface area contributed by atoms with E-state index < -0.39 is 8.32 Å². The van der Waals surface area contributed by atoms with Gasteiger partial charge < -0.3 is 9.53 Å². The van der Waals surface area contributed by atoms with E-state index in [0.29, 0.717) is 0 Å². The summed E-state index contributed by atoms with van der Waals surface area (Å²) in [6.07, 6.45) is 5.80. The number of hydrogen-bond acceptors (Lipinski definition) is 2. The average Bonchev–Trinajstić information content (AvgIpc) is 2.60. The Balaban J connectivity index is 2.69. The lowest BCUT2D eigenvalue weighted by Gasteiger charge is -2.36. The molecule has 0 bridgehead atoms. The molecular formula is C23H31IO2Si. The molecule has 0 aliphatic carbocycles. The maximum atomic E-state index is 9.55. The van der Waals surface area contributed by atoms with Gasteiger partial charge in [0.25, 0.3) is 0 Å². The molecule has 0 atom stereocenters. The minimum Gasteiger partial charge on any atom is -0.544 e. The van der Waals surface area contributed by atoms with Gasteiger partial charge in [-0.15, -0.1) is 0 Å². The van der Waals surface area contributed by atoms with Crippen LogP contribution in [0.2, 0.25) is 18.1 Å². The minimum atomic E-state index is -1.82. The van der Waals surface area contributed by atoms with Crippen molar-refractivity contribution in [1.29, 1.82) is 0 Å². The number of rotatable bonds is 7. The van der Waals surface area contributed by atoms with Gasteiger partial charge in [-0.2, -0.15) is 0 Å². The molecule has 1 aromatic rings. The smallest absolute Gasteiger partial charge is 0.250 e. The third kappa shape index (κ3) is 9.01. The molecule has 4 heteroatoms. The van der Waals surface area contributed by atoms with Crippen LogP contribution in [-0.2, 0) is 0 Å². The van der Waals surface area contributed by atoms with Gasteiger partial charge in [-0.05, 0) is 58.7 Å². The first-order valence-electron chi connectivity index (χ1n) is 9.37. The zero-order valence-electron chi connectivity index (χ0n) is 17.2. The van der Waals surface area contributed by atoms with E-state index in [9.17, 15) is 5.11 Å². The summed E-state index contributed by atoms with van der Waals surface area (Å²) >= 11 is 2.06. The van der Waals surface area contributed by atoms with Crippen LogP contribution in [0, 0.1) is 21.7 Å². The molecule has 1 aromatic carbocycles. The predicted molar refractivity (Wildman–Crippen MR) is 127 cm³/mol. The quantitative estimate of drug-likeness (QED) is 0.206. The molecule has 0 fully saturated rings. The van der Waals surface area contributed by atoms with Crippen molar-refractivity contribution in [2.45, 2.75) is 64.6 Å². The lowest BCUT2D eigenvalue weighted by Crippen LogP contribution is -2.43. The van der Waals surface area contributed by atoms with Crippen molar-refractivity contribution in [3.05, 3.63) is 35.4 Å². The molecule has 0 spiro atoms. The van der Waals surface area contributed by atoms with E-state index in [1.807, 2.05) is 30.3 Å². The van der Waals surface area contributed by atoms with Crippen molar-refractivity contribution in [2.24, 2.45) is 0 Å². The third-order valence-electron chi connectivity index (χ3n) is 4.74. The molecule has 1 N–H and O–H groups in total. The minimum absolute atomic E-state index is 0.0461. The standard InChI is InChI=1S/C23H31IO2Si/c1-23(2,3)27(4,5)26-22-15-13-20(14-16-22)18-21(19-25)12-10-8-6-7-9-11-17-24/h13-16,18,25H,6-9,19H2,1-5H3/b21-18-. The van der Waals surface area contributed by atoms with E-state index >= 15 is 0 Å². The van der Waals surface area contributed by atoms with Crippen LogP contribution >= 0.6 is 22.6 Å². The summed E-state index contributed by atoms with van der Waals surface area (Å²) < 4.78 is 9.17. The SMILES string of the molecule is CC(C)(C)[Si](C)(C)Oc1ccc(/C=C(/C#CCCCCC#CI)CO)cc1. The molecule has 0 unspecified atom stereocenters. The number of hydrogen-bond donors (Lipinski definition) is 1. The fourth-order valence-corrected chi connectivity index (χ4v) is 3.35. The molecule has 0 aromatic heterocycles.